The number of hydrogen-bond donors (Lipinski definition) is 2. The minimum atomic E-state index is -5.42. The Kier molecular flexibility index (Phi) is 7.38. The second-order valence-corrected chi connectivity index (χ2v) is 6.51. The van der Waals surface area contributed by atoms with Gasteiger partial charge < -0.3 is 19.9 Å². The summed E-state index contributed by atoms with van der Waals surface area (Å²) in [5.41, 5.74) is 4.98. The molecule has 22 heavy (non-hydrogen) atoms. The van der Waals surface area contributed by atoms with Crippen LogP contribution in [0.15, 0.2) is 34.1 Å². The maximum Gasteiger partial charge on any atom is 1.00 e. The first-order valence-corrected chi connectivity index (χ1v) is 7.81. The zero-order valence-electron chi connectivity index (χ0n) is 11.6. The van der Waals surface area contributed by atoms with E-state index in [1.165, 1.54) is 18.2 Å². The van der Waals surface area contributed by atoms with Gasteiger partial charge in [0, 0.05) is 10.8 Å². The van der Waals surface area contributed by atoms with Gasteiger partial charge in [-0.05, 0) is 0 Å². The predicted molar refractivity (Wildman–Crippen MR) is 66.0 cm³/mol. The van der Waals surface area contributed by atoms with Gasteiger partial charge in [-0.2, -0.15) is 0 Å². The molecule has 0 spiro atoms. The maximum atomic E-state index is 11.3. The number of fused-ring (bicyclic) bond motifs is 1. The number of phenolic OH excluding ortho intramolecular Hbond substituents is 1. The van der Waals surface area contributed by atoms with Crippen molar-refractivity contribution in [3.63, 3.8) is 0 Å². The van der Waals surface area contributed by atoms with Crippen molar-refractivity contribution in [1.29, 1.82) is 0 Å². The average Bonchev–Trinajstić information content (AvgIpc) is 2.30. The Morgan fingerprint density at radius 2 is 1.27 bits per heavy atom. The SMILES string of the molecule is Nc1c(O)c(S(=O)(=O)[O-])c(S(=O)(=O)[O-])c2ccccc12.[Na+].[Na+]. The predicted octanol–water partition coefficient (Wildman–Crippen LogP) is -6.06. The number of rotatable bonds is 2. The Labute approximate surface area is 170 Å². The summed E-state index contributed by atoms with van der Waals surface area (Å²) in [5.74, 6) is -1.24. The smallest absolute Gasteiger partial charge is 0.744 e. The molecule has 108 valence electrons. The number of aromatic hydroxyl groups is 1. The van der Waals surface area contributed by atoms with Crippen molar-refractivity contribution in [2.45, 2.75) is 9.79 Å². The van der Waals surface area contributed by atoms with Gasteiger partial charge in [0.1, 0.15) is 25.1 Å². The van der Waals surface area contributed by atoms with E-state index in [0.717, 1.165) is 6.07 Å². The molecule has 0 radical (unpaired) electrons. The van der Waals surface area contributed by atoms with Gasteiger partial charge in [0.15, 0.2) is 5.75 Å². The summed E-state index contributed by atoms with van der Waals surface area (Å²) >= 11 is 0. The molecule has 0 saturated carbocycles. The molecular formula is C10H7NNa2O7S2. The zero-order chi connectivity index (χ0) is 15.3. The van der Waals surface area contributed by atoms with Crippen LogP contribution in [0.3, 0.4) is 0 Å². The van der Waals surface area contributed by atoms with Crippen LogP contribution in [0.2, 0.25) is 0 Å². The minimum absolute atomic E-state index is 0. The van der Waals surface area contributed by atoms with Gasteiger partial charge in [-0.3, -0.25) is 0 Å². The quantitative estimate of drug-likeness (QED) is 0.231. The average molecular weight is 363 g/mol. The van der Waals surface area contributed by atoms with E-state index in [9.17, 15) is 31.0 Å². The summed E-state index contributed by atoms with van der Waals surface area (Å²) in [7, 11) is -10.7. The van der Waals surface area contributed by atoms with Crippen molar-refractivity contribution in [2.24, 2.45) is 0 Å². The fraction of sp³-hybridized carbons (Fsp3) is 0. The van der Waals surface area contributed by atoms with Gasteiger partial charge in [0.05, 0.1) is 10.6 Å². The van der Waals surface area contributed by atoms with Gasteiger partial charge in [-0.15, -0.1) is 0 Å². The monoisotopic (exact) mass is 363 g/mol. The molecule has 12 heteroatoms. The van der Waals surface area contributed by atoms with E-state index in [-0.39, 0.29) is 69.9 Å². The third-order valence-electron chi connectivity index (χ3n) is 2.64. The van der Waals surface area contributed by atoms with E-state index < -0.39 is 41.5 Å². The number of anilines is 1. The van der Waals surface area contributed by atoms with Crippen molar-refractivity contribution in [3.8, 4) is 5.75 Å². The molecule has 8 nitrogen and oxygen atoms in total. The van der Waals surface area contributed by atoms with Crippen LogP contribution in [0, 0.1) is 0 Å². The second-order valence-electron chi connectivity index (χ2n) is 3.87. The Morgan fingerprint density at radius 1 is 0.864 bits per heavy atom. The first kappa shape index (κ1) is 22.1. The van der Waals surface area contributed by atoms with E-state index in [4.69, 9.17) is 5.73 Å². The summed E-state index contributed by atoms with van der Waals surface area (Å²) in [6, 6.07) is 5.16. The number of hydrogen-bond acceptors (Lipinski definition) is 8. The third kappa shape index (κ3) is 3.96. The first-order chi connectivity index (χ1) is 9.05. The molecule has 0 bridgehead atoms. The molecule has 3 N–H and O–H groups in total. The molecule has 0 unspecified atom stereocenters. The van der Waals surface area contributed by atoms with Crippen LogP contribution in [0.5, 0.6) is 5.75 Å². The van der Waals surface area contributed by atoms with Crippen LogP contribution in [-0.4, -0.2) is 31.0 Å². The van der Waals surface area contributed by atoms with Gasteiger partial charge in [0.2, 0.25) is 0 Å². The Hall–Kier alpha value is 0.120. The number of nitrogen functional groups attached to an aromatic ring is 1. The largest absolute Gasteiger partial charge is 1.00 e. The molecule has 0 aromatic heterocycles. The molecule has 0 aliphatic heterocycles. The number of benzene rings is 2. The Morgan fingerprint density at radius 3 is 1.68 bits per heavy atom. The van der Waals surface area contributed by atoms with Crippen LogP contribution in [0.1, 0.15) is 0 Å². The maximum absolute atomic E-state index is 11.3. The molecule has 0 saturated heterocycles. The topological polar surface area (TPSA) is 161 Å². The van der Waals surface area contributed by atoms with E-state index >= 15 is 0 Å². The Bertz CT molecular complexity index is 926. The minimum Gasteiger partial charge on any atom is -0.744 e. The van der Waals surface area contributed by atoms with E-state index in [0.29, 0.717) is 0 Å². The standard InChI is InChI=1S/C10H9NO7S2.2Na/c11-7-5-3-1-2-4-6(5)9(19(13,14)15)10(8(7)12)20(16,17)18;;/h1-4,12H,11H2,(H,13,14,15)(H,16,17,18);;/q;2*+1/p-2. The van der Waals surface area contributed by atoms with E-state index in [1.807, 2.05) is 0 Å². The van der Waals surface area contributed by atoms with Gasteiger partial charge in [0.25, 0.3) is 0 Å². The van der Waals surface area contributed by atoms with Crippen molar-refractivity contribution in [3.05, 3.63) is 24.3 Å². The summed E-state index contributed by atoms with van der Waals surface area (Å²) in [6.07, 6.45) is 0. The molecule has 0 amide bonds. The molecule has 2 aromatic carbocycles. The fourth-order valence-corrected chi connectivity index (χ4v) is 3.94. The van der Waals surface area contributed by atoms with Crippen molar-refractivity contribution >= 4 is 36.7 Å². The Balaban J connectivity index is 0.00000220. The molecule has 2 aromatic rings. The second kappa shape index (κ2) is 7.34. The third-order valence-corrected chi connectivity index (χ3v) is 4.59. The van der Waals surface area contributed by atoms with Gasteiger partial charge in [-0.1, -0.05) is 24.3 Å². The van der Waals surface area contributed by atoms with Crippen LogP contribution >= 0.6 is 0 Å². The molecular weight excluding hydrogens is 356 g/mol. The summed E-state index contributed by atoms with van der Waals surface area (Å²) in [4.78, 5) is -2.82. The molecule has 0 atom stereocenters. The molecule has 0 fully saturated rings. The van der Waals surface area contributed by atoms with Gasteiger partial charge >= 0.3 is 59.1 Å². The molecule has 0 aliphatic carbocycles. The van der Waals surface area contributed by atoms with Crippen molar-refractivity contribution < 1.29 is 90.2 Å². The summed E-state index contributed by atoms with van der Waals surface area (Å²) < 4.78 is 67.2. The molecule has 0 aliphatic rings. The van der Waals surface area contributed by atoms with Crippen LogP contribution < -0.4 is 64.8 Å². The van der Waals surface area contributed by atoms with Crippen molar-refractivity contribution in [1.82, 2.24) is 0 Å². The van der Waals surface area contributed by atoms with E-state index in [1.54, 1.807) is 0 Å². The van der Waals surface area contributed by atoms with Crippen LogP contribution in [0.25, 0.3) is 10.8 Å². The normalized spacial score (nSPS) is 11.5. The number of nitrogens with two attached hydrogens (primary N) is 1. The van der Waals surface area contributed by atoms with Crippen LogP contribution in [0.4, 0.5) is 5.69 Å². The summed E-state index contributed by atoms with van der Waals surface area (Å²) in [6.45, 7) is 0. The zero-order valence-corrected chi connectivity index (χ0v) is 17.2. The fourth-order valence-electron chi connectivity index (χ4n) is 1.88. The molecule has 2 rings (SSSR count). The van der Waals surface area contributed by atoms with E-state index in [2.05, 4.69) is 0 Å². The van der Waals surface area contributed by atoms with Gasteiger partial charge in [-0.25, -0.2) is 16.8 Å². The first-order valence-electron chi connectivity index (χ1n) is 5.00. The molecule has 0 heterocycles. The van der Waals surface area contributed by atoms with Crippen LogP contribution in [-0.2, 0) is 20.2 Å². The summed E-state index contributed by atoms with van der Waals surface area (Å²) in [5, 5.41) is 9.28. The van der Waals surface area contributed by atoms with Crippen molar-refractivity contribution in [2.75, 3.05) is 5.73 Å². The number of phenols is 1.